The molecule has 2 heterocycles. The zero-order chi connectivity index (χ0) is 16.4. The molecule has 0 N–H and O–H groups in total. The van der Waals surface area contributed by atoms with Crippen molar-refractivity contribution in [3.05, 3.63) is 87.9 Å². The van der Waals surface area contributed by atoms with E-state index < -0.39 is 0 Å². The van der Waals surface area contributed by atoms with E-state index in [4.69, 9.17) is 4.42 Å². The first-order valence-corrected chi connectivity index (χ1v) is 8.70. The van der Waals surface area contributed by atoms with Gasteiger partial charge in [0.25, 0.3) is 0 Å². The second-order valence-electron chi connectivity index (χ2n) is 5.58. The predicted octanol–water partition coefficient (Wildman–Crippen LogP) is 4.70. The molecule has 0 saturated carbocycles. The molecule has 4 aromatic rings. The van der Waals surface area contributed by atoms with Gasteiger partial charge in [-0.15, -0.1) is 11.3 Å². The average Bonchev–Trinajstić information content (AvgIpc) is 3.06. The molecule has 0 aliphatic heterocycles. The number of hydrogen-bond donors (Lipinski definition) is 0. The summed E-state index contributed by atoms with van der Waals surface area (Å²) in [5, 5.41) is 2.56. The van der Waals surface area contributed by atoms with Crippen molar-refractivity contribution in [2.45, 2.75) is 12.8 Å². The topological polar surface area (TPSA) is 43.1 Å². The van der Waals surface area contributed by atoms with Gasteiger partial charge in [0.2, 0.25) is 0 Å². The molecule has 0 fully saturated rings. The molecule has 0 atom stereocenters. The average molecular weight is 333 g/mol. The number of aryl methyl sites for hydroxylation is 2. The van der Waals surface area contributed by atoms with Crippen LogP contribution in [0.5, 0.6) is 0 Å². The SMILES string of the molecule is O=c1oc(CCc2ccccc2)nc2scc(-c3ccccc3)c12. The Morgan fingerprint density at radius 3 is 2.38 bits per heavy atom. The van der Waals surface area contributed by atoms with Gasteiger partial charge in [-0.05, 0) is 17.5 Å². The number of benzene rings is 2. The van der Waals surface area contributed by atoms with Gasteiger partial charge in [-0.2, -0.15) is 0 Å². The van der Waals surface area contributed by atoms with E-state index in [0.717, 1.165) is 22.4 Å². The number of nitrogens with zero attached hydrogens (tertiary/aromatic N) is 1. The van der Waals surface area contributed by atoms with Crippen LogP contribution in [0.1, 0.15) is 11.5 Å². The molecule has 2 aromatic carbocycles. The van der Waals surface area contributed by atoms with Crippen LogP contribution in [0, 0.1) is 0 Å². The Morgan fingerprint density at radius 2 is 1.62 bits per heavy atom. The summed E-state index contributed by atoms with van der Waals surface area (Å²) >= 11 is 1.49. The largest absolute Gasteiger partial charge is 0.408 e. The molecule has 4 rings (SSSR count). The molecule has 0 spiro atoms. The van der Waals surface area contributed by atoms with Gasteiger partial charge in [-0.25, -0.2) is 9.78 Å². The molecule has 0 unspecified atom stereocenters. The molecule has 2 aromatic heterocycles. The molecule has 24 heavy (non-hydrogen) atoms. The highest BCUT2D eigenvalue weighted by Gasteiger charge is 2.14. The summed E-state index contributed by atoms with van der Waals surface area (Å²) in [6.45, 7) is 0. The smallest absolute Gasteiger partial charge is 0.348 e. The van der Waals surface area contributed by atoms with Gasteiger partial charge in [0.05, 0.1) is 0 Å². The van der Waals surface area contributed by atoms with Gasteiger partial charge in [0.1, 0.15) is 10.2 Å². The number of fused-ring (bicyclic) bond motifs is 1. The Kier molecular flexibility index (Phi) is 3.97. The predicted molar refractivity (Wildman–Crippen MR) is 97.4 cm³/mol. The van der Waals surface area contributed by atoms with Crippen LogP contribution in [0.3, 0.4) is 0 Å². The van der Waals surface area contributed by atoms with Crippen molar-refractivity contribution in [2.24, 2.45) is 0 Å². The molecule has 0 bridgehead atoms. The maximum atomic E-state index is 12.5. The van der Waals surface area contributed by atoms with E-state index >= 15 is 0 Å². The molecule has 0 aliphatic rings. The van der Waals surface area contributed by atoms with Crippen molar-refractivity contribution in [3.8, 4) is 11.1 Å². The Bertz CT molecular complexity index is 1020. The molecular formula is C20H15NO2S. The zero-order valence-electron chi connectivity index (χ0n) is 12.9. The minimum atomic E-state index is -0.303. The fraction of sp³-hybridized carbons (Fsp3) is 0.100. The van der Waals surface area contributed by atoms with Crippen molar-refractivity contribution in [1.82, 2.24) is 4.98 Å². The van der Waals surface area contributed by atoms with E-state index in [9.17, 15) is 4.79 Å². The molecular weight excluding hydrogens is 318 g/mol. The minimum Gasteiger partial charge on any atom is -0.408 e. The molecule has 4 heteroatoms. The molecule has 3 nitrogen and oxygen atoms in total. The summed E-state index contributed by atoms with van der Waals surface area (Å²) in [5.41, 5.74) is 2.81. The molecule has 0 saturated heterocycles. The first-order chi connectivity index (χ1) is 11.8. The summed E-state index contributed by atoms with van der Waals surface area (Å²) in [6.07, 6.45) is 1.42. The highest BCUT2D eigenvalue weighted by Crippen LogP contribution is 2.30. The van der Waals surface area contributed by atoms with Crippen LogP contribution in [0.2, 0.25) is 0 Å². The lowest BCUT2D eigenvalue weighted by atomic mass is 10.1. The monoisotopic (exact) mass is 333 g/mol. The molecule has 118 valence electrons. The van der Waals surface area contributed by atoms with E-state index in [1.807, 2.05) is 53.9 Å². The van der Waals surface area contributed by atoms with E-state index in [2.05, 4.69) is 17.1 Å². The number of aromatic nitrogens is 1. The minimum absolute atomic E-state index is 0.303. The highest BCUT2D eigenvalue weighted by molar-refractivity contribution is 7.17. The van der Waals surface area contributed by atoms with Gasteiger partial charge < -0.3 is 4.42 Å². The van der Waals surface area contributed by atoms with Gasteiger partial charge >= 0.3 is 5.63 Å². The molecule has 0 aliphatic carbocycles. The van der Waals surface area contributed by atoms with Gasteiger partial charge in [-0.1, -0.05) is 60.7 Å². The Hall–Kier alpha value is -2.72. The lowest BCUT2D eigenvalue weighted by Gasteiger charge is -2.01. The number of rotatable bonds is 4. The third-order valence-corrected chi connectivity index (χ3v) is 4.84. The maximum Gasteiger partial charge on any atom is 0.348 e. The van der Waals surface area contributed by atoms with Crippen LogP contribution in [0.25, 0.3) is 21.3 Å². The first-order valence-electron chi connectivity index (χ1n) is 7.82. The lowest BCUT2D eigenvalue weighted by molar-refractivity contribution is 0.444. The Morgan fingerprint density at radius 1 is 0.917 bits per heavy atom. The first kappa shape index (κ1) is 14.8. The summed E-state index contributed by atoms with van der Waals surface area (Å²) in [6, 6.07) is 20.0. The van der Waals surface area contributed by atoms with Crippen LogP contribution >= 0.6 is 11.3 Å². The summed E-state index contributed by atoms with van der Waals surface area (Å²) < 4.78 is 5.47. The van der Waals surface area contributed by atoms with Crippen molar-refractivity contribution >= 4 is 21.6 Å². The summed E-state index contributed by atoms with van der Waals surface area (Å²) in [5.74, 6) is 0.498. The van der Waals surface area contributed by atoms with Crippen LogP contribution in [-0.2, 0) is 12.8 Å². The van der Waals surface area contributed by atoms with Gasteiger partial charge in [-0.3, -0.25) is 0 Å². The van der Waals surface area contributed by atoms with Crippen LogP contribution in [0.4, 0.5) is 0 Å². The fourth-order valence-electron chi connectivity index (χ4n) is 2.75. The number of thiophene rings is 1. The second kappa shape index (κ2) is 6.42. The normalized spacial score (nSPS) is 11.0. The van der Waals surface area contributed by atoms with E-state index in [1.54, 1.807) is 0 Å². The quantitative estimate of drug-likeness (QED) is 0.543. The summed E-state index contributed by atoms with van der Waals surface area (Å²) in [7, 11) is 0. The Labute approximate surface area is 143 Å². The van der Waals surface area contributed by atoms with Crippen LogP contribution in [0.15, 0.2) is 75.3 Å². The summed E-state index contributed by atoms with van der Waals surface area (Å²) in [4.78, 5) is 17.8. The van der Waals surface area contributed by atoms with E-state index in [-0.39, 0.29) is 5.63 Å². The van der Waals surface area contributed by atoms with Crippen molar-refractivity contribution in [1.29, 1.82) is 0 Å². The lowest BCUT2D eigenvalue weighted by Crippen LogP contribution is -2.05. The van der Waals surface area contributed by atoms with Crippen molar-refractivity contribution in [3.63, 3.8) is 0 Å². The van der Waals surface area contributed by atoms with Crippen molar-refractivity contribution in [2.75, 3.05) is 0 Å². The third-order valence-electron chi connectivity index (χ3n) is 3.97. The van der Waals surface area contributed by atoms with Crippen molar-refractivity contribution < 1.29 is 4.42 Å². The molecule has 0 radical (unpaired) electrons. The van der Waals surface area contributed by atoms with Gasteiger partial charge in [0.15, 0.2) is 5.89 Å². The third kappa shape index (κ3) is 2.88. The van der Waals surface area contributed by atoms with Crippen LogP contribution < -0.4 is 5.63 Å². The standard InChI is InChI=1S/C20H15NO2S/c22-20-18-16(15-9-5-2-6-10-15)13-24-19(18)21-17(23-20)12-11-14-7-3-1-4-8-14/h1-10,13H,11-12H2. The zero-order valence-corrected chi connectivity index (χ0v) is 13.8. The number of hydrogen-bond acceptors (Lipinski definition) is 4. The highest BCUT2D eigenvalue weighted by atomic mass is 32.1. The van der Waals surface area contributed by atoms with Crippen LogP contribution in [-0.4, -0.2) is 4.98 Å². The fourth-order valence-corrected chi connectivity index (χ4v) is 3.70. The maximum absolute atomic E-state index is 12.5. The Balaban J connectivity index is 1.68. The second-order valence-corrected chi connectivity index (χ2v) is 6.43. The van der Waals surface area contributed by atoms with E-state index in [1.165, 1.54) is 16.9 Å². The van der Waals surface area contributed by atoms with Gasteiger partial charge in [0, 0.05) is 17.4 Å². The van der Waals surface area contributed by atoms with E-state index in [0.29, 0.717) is 17.7 Å². The molecule has 0 amide bonds.